The van der Waals surface area contributed by atoms with Crippen LogP contribution in [0.5, 0.6) is 0 Å². The maximum atomic E-state index is 13.5. The molecule has 8 nitrogen and oxygen atoms in total. The van der Waals surface area contributed by atoms with Crippen molar-refractivity contribution in [3.05, 3.63) is 71.5 Å². The number of benzene rings is 2. The molecule has 30 heavy (non-hydrogen) atoms. The lowest BCUT2D eigenvalue weighted by Crippen LogP contribution is -2.41. The molecule has 1 aliphatic rings. The van der Waals surface area contributed by atoms with Gasteiger partial charge >= 0.3 is 0 Å². The first kappa shape index (κ1) is 19.6. The summed E-state index contributed by atoms with van der Waals surface area (Å²) in [6, 6.07) is 14.9. The first-order chi connectivity index (χ1) is 14.6. The van der Waals surface area contributed by atoms with E-state index in [1.807, 2.05) is 49.1 Å². The molecule has 0 aliphatic carbocycles. The zero-order valence-corrected chi connectivity index (χ0v) is 16.9. The lowest BCUT2D eigenvalue weighted by Gasteiger charge is -2.26. The van der Waals surface area contributed by atoms with Crippen LogP contribution < -0.4 is 5.06 Å². The standard InChI is InChI=1S/C22H22N6O2/c1-16-6-7-21(28-24-8-9-25-28)20(12-16)22(29)26-10-11-27(30-15-17(26)2)19-5-3-4-18(13-19)14-23/h3-9,12-13,17H,10-11,15H2,1-2H3/t17-/m1/s1. The number of hydrogen-bond donors (Lipinski definition) is 0. The molecule has 3 aromatic rings. The number of amides is 1. The highest BCUT2D eigenvalue weighted by Crippen LogP contribution is 2.22. The molecule has 0 saturated carbocycles. The Labute approximate surface area is 174 Å². The number of hydrogen-bond acceptors (Lipinski definition) is 6. The molecule has 1 amide bonds. The molecule has 1 aliphatic heterocycles. The zero-order chi connectivity index (χ0) is 21.1. The molecular formula is C22H22N6O2. The topological polar surface area (TPSA) is 87.3 Å². The highest BCUT2D eigenvalue weighted by atomic mass is 16.7. The van der Waals surface area contributed by atoms with Crippen molar-refractivity contribution in [3.63, 3.8) is 0 Å². The highest BCUT2D eigenvalue weighted by Gasteiger charge is 2.28. The molecule has 1 saturated heterocycles. The Balaban J connectivity index is 1.60. The maximum absolute atomic E-state index is 13.5. The van der Waals surface area contributed by atoms with Gasteiger partial charge in [0.1, 0.15) is 0 Å². The number of nitrogens with zero attached hydrogens (tertiary/aromatic N) is 6. The summed E-state index contributed by atoms with van der Waals surface area (Å²) in [6.07, 6.45) is 3.17. The Morgan fingerprint density at radius 3 is 2.73 bits per heavy atom. The van der Waals surface area contributed by atoms with E-state index in [2.05, 4.69) is 16.3 Å². The van der Waals surface area contributed by atoms with Crippen molar-refractivity contribution < 1.29 is 9.63 Å². The van der Waals surface area contributed by atoms with E-state index in [0.717, 1.165) is 11.3 Å². The Morgan fingerprint density at radius 1 is 1.17 bits per heavy atom. The summed E-state index contributed by atoms with van der Waals surface area (Å²) < 4.78 is 0. The van der Waals surface area contributed by atoms with Gasteiger partial charge in [-0.2, -0.15) is 20.3 Å². The Bertz CT molecular complexity index is 1090. The molecule has 1 atom stereocenters. The average molecular weight is 402 g/mol. The molecule has 1 aromatic heterocycles. The second-order valence-electron chi connectivity index (χ2n) is 7.25. The van der Waals surface area contributed by atoms with Crippen LogP contribution in [0.3, 0.4) is 0 Å². The summed E-state index contributed by atoms with van der Waals surface area (Å²) in [5, 5.41) is 19.3. The molecule has 0 spiro atoms. The number of anilines is 1. The van der Waals surface area contributed by atoms with Crippen LogP contribution in [0.15, 0.2) is 54.9 Å². The SMILES string of the molecule is Cc1ccc(-n2nccn2)c(C(=O)N2CCN(c3cccc(C#N)c3)OC[C@H]2C)c1. The number of carbonyl (C=O) groups excluding carboxylic acids is 1. The third-order valence-corrected chi connectivity index (χ3v) is 5.09. The second-order valence-corrected chi connectivity index (χ2v) is 7.25. The van der Waals surface area contributed by atoms with Gasteiger partial charge in [-0.3, -0.25) is 14.7 Å². The second kappa shape index (κ2) is 8.35. The van der Waals surface area contributed by atoms with Gasteiger partial charge in [-0.25, -0.2) is 0 Å². The minimum atomic E-state index is -0.124. The van der Waals surface area contributed by atoms with Crippen LogP contribution >= 0.6 is 0 Å². The summed E-state index contributed by atoms with van der Waals surface area (Å²) in [4.78, 5) is 22.7. The molecule has 0 N–H and O–H groups in total. The van der Waals surface area contributed by atoms with Crippen molar-refractivity contribution in [2.45, 2.75) is 19.9 Å². The number of carbonyl (C=O) groups is 1. The van der Waals surface area contributed by atoms with Crippen LogP contribution in [0.1, 0.15) is 28.4 Å². The summed E-state index contributed by atoms with van der Waals surface area (Å²) in [5.41, 5.74) is 3.55. The molecule has 152 valence electrons. The van der Waals surface area contributed by atoms with Crippen LogP contribution in [0.4, 0.5) is 5.69 Å². The zero-order valence-electron chi connectivity index (χ0n) is 16.9. The van der Waals surface area contributed by atoms with Crippen molar-refractivity contribution in [2.75, 3.05) is 24.8 Å². The van der Waals surface area contributed by atoms with E-state index < -0.39 is 0 Å². The van der Waals surface area contributed by atoms with E-state index in [1.165, 1.54) is 4.80 Å². The van der Waals surface area contributed by atoms with Crippen molar-refractivity contribution >= 4 is 11.6 Å². The van der Waals surface area contributed by atoms with Gasteiger partial charge in [0.05, 0.1) is 60.2 Å². The van der Waals surface area contributed by atoms with E-state index in [-0.39, 0.29) is 11.9 Å². The molecule has 2 heterocycles. The molecule has 1 fully saturated rings. The fraction of sp³-hybridized carbons (Fsp3) is 0.273. The molecule has 2 aromatic carbocycles. The predicted octanol–water partition coefficient (Wildman–Crippen LogP) is 2.73. The minimum Gasteiger partial charge on any atom is -0.332 e. The fourth-order valence-electron chi connectivity index (χ4n) is 3.50. The quantitative estimate of drug-likeness (QED) is 0.669. The van der Waals surface area contributed by atoms with E-state index in [4.69, 9.17) is 10.1 Å². The van der Waals surface area contributed by atoms with Crippen molar-refractivity contribution in [2.24, 2.45) is 0 Å². The van der Waals surface area contributed by atoms with Gasteiger partial charge in [-0.15, -0.1) is 0 Å². The van der Waals surface area contributed by atoms with Gasteiger partial charge in [0.15, 0.2) is 0 Å². The number of rotatable bonds is 3. The van der Waals surface area contributed by atoms with Crippen LogP contribution in [0.25, 0.3) is 5.69 Å². The van der Waals surface area contributed by atoms with E-state index in [9.17, 15) is 4.79 Å². The van der Waals surface area contributed by atoms with Crippen molar-refractivity contribution in [1.29, 1.82) is 5.26 Å². The normalized spacial score (nSPS) is 16.8. The molecule has 4 rings (SSSR count). The first-order valence-electron chi connectivity index (χ1n) is 9.76. The maximum Gasteiger partial charge on any atom is 0.256 e. The third kappa shape index (κ3) is 3.88. The Morgan fingerprint density at radius 2 is 1.97 bits per heavy atom. The van der Waals surface area contributed by atoms with Gasteiger partial charge in [0.25, 0.3) is 5.91 Å². The van der Waals surface area contributed by atoms with Crippen molar-refractivity contribution in [3.8, 4) is 11.8 Å². The van der Waals surface area contributed by atoms with Crippen molar-refractivity contribution in [1.82, 2.24) is 19.9 Å². The fourth-order valence-corrected chi connectivity index (χ4v) is 3.50. The largest absolute Gasteiger partial charge is 0.332 e. The van der Waals surface area contributed by atoms with E-state index >= 15 is 0 Å². The molecule has 0 bridgehead atoms. The molecule has 0 radical (unpaired) electrons. The van der Waals surface area contributed by atoms with Crippen LogP contribution in [0.2, 0.25) is 0 Å². The summed E-state index contributed by atoms with van der Waals surface area (Å²) in [6.45, 7) is 5.25. The van der Waals surface area contributed by atoms with Gasteiger partial charge in [0.2, 0.25) is 0 Å². The molecule has 0 unspecified atom stereocenters. The first-order valence-corrected chi connectivity index (χ1v) is 9.76. The minimum absolute atomic E-state index is 0.0882. The van der Waals surface area contributed by atoms with E-state index in [1.54, 1.807) is 29.6 Å². The number of hydroxylamine groups is 1. The lowest BCUT2D eigenvalue weighted by atomic mass is 10.1. The lowest BCUT2D eigenvalue weighted by molar-refractivity contribution is 0.0602. The highest BCUT2D eigenvalue weighted by molar-refractivity contribution is 5.98. The third-order valence-electron chi connectivity index (χ3n) is 5.09. The van der Waals surface area contributed by atoms with Crippen LogP contribution in [-0.2, 0) is 4.84 Å². The Hall–Kier alpha value is -3.70. The smallest absolute Gasteiger partial charge is 0.256 e. The molecular weight excluding hydrogens is 380 g/mol. The van der Waals surface area contributed by atoms with Gasteiger partial charge in [0, 0.05) is 6.54 Å². The van der Waals surface area contributed by atoms with Gasteiger partial charge in [-0.05, 0) is 44.2 Å². The summed E-state index contributed by atoms with van der Waals surface area (Å²) in [5.74, 6) is -0.0882. The van der Waals surface area contributed by atoms with Gasteiger partial charge in [-0.1, -0.05) is 17.7 Å². The summed E-state index contributed by atoms with van der Waals surface area (Å²) in [7, 11) is 0. The van der Waals surface area contributed by atoms with Gasteiger partial charge < -0.3 is 4.90 Å². The van der Waals surface area contributed by atoms with Crippen LogP contribution in [0, 0.1) is 18.3 Å². The number of aromatic nitrogens is 3. The summed E-state index contributed by atoms with van der Waals surface area (Å²) >= 11 is 0. The van der Waals surface area contributed by atoms with E-state index in [0.29, 0.717) is 36.5 Å². The van der Waals surface area contributed by atoms with Crippen LogP contribution in [-0.4, -0.2) is 51.5 Å². The molecule has 8 heteroatoms. The Kier molecular flexibility index (Phi) is 5.46. The monoisotopic (exact) mass is 402 g/mol. The number of nitriles is 1. The average Bonchev–Trinajstić information content (AvgIpc) is 3.23. The predicted molar refractivity (Wildman–Crippen MR) is 111 cm³/mol. The number of aryl methyl sites for hydroxylation is 1.